The molecule has 0 aliphatic rings. The molecule has 0 fully saturated rings. The number of benzene rings is 5. The zero-order valence-corrected chi connectivity index (χ0v) is 25.3. The fourth-order valence-corrected chi connectivity index (χ4v) is 5.15. The third kappa shape index (κ3) is 8.95. The van der Waals surface area contributed by atoms with Gasteiger partial charge in [-0.1, -0.05) is 78.9 Å². The number of rotatable bonds is 11. The van der Waals surface area contributed by atoms with E-state index in [1.54, 1.807) is 79.9 Å². The summed E-state index contributed by atoms with van der Waals surface area (Å²) in [5.41, 5.74) is 4.60. The SMILES string of the molecule is COc1ccc(NC(=O)CSc2cccc(NC(=O)/C(=C\c3ccc(-c4ccccc4)cc3)NC(=O)c3ccccc3)c2)cc1. The molecule has 0 radical (unpaired) electrons. The number of carbonyl (C=O) groups excluding carboxylic acids is 3. The zero-order valence-electron chi connectivity index (χ0n) is 24.5. The maximum absolute atomic E-state index is 13.5. The van der Waals surface area contributed by atoms with E-state index in [0.717, 1.165) is 21.6 Å². The number of nitrogens with one attached hydrogen (secondary N) is 3. The van der Waals surface area contributed by atoms with Gasteiger partial charge in [-0.3, -0.25) is 14.4 Å². The molecule has 0 heterocycles. The number of methoxy groups -OCH3 is 1. The van der Waals surface area contributed by atoms with Crippen LogP contribution in [0.3, 0.4) is 0 Å². The topological polar surface area (TPSA) is 96.5 Å². The number of ether oxygens (including phenoxy) is 1. The predicted molar refractivity (Wildman–Crippen MR) is 181 cm³/mol. The first kappa shape index (κ1) is 30.8. The van der Waals surface area contributed by atoms with Gasteiger partial charge in [0, 0.05) is 21.8 Å². The summed E-state index contributed by atoms with van der Waals surface area (Å²) in [5.74, 6) is -0.150. The lowest BCUT2D eigenvalue weighted by atomic mass is 10.0. The molecule has 0 unspecified atom stereocenters. The Hall–Kier alpha value is -5.60. The first-order valence-corrected chi connectivity index (χ1v) is 15.2. The minimum Gasteiger partial charge on any atom is -0.497 e. The van der Waals surface area contributed by atoms with E-state index in [1.165, 1.54) is 11.8 Å². The zero-order chi connectivity index (χ0) is 31.4. The van der Waals surface area contributed by atoms with Crippen molar-refractivity contribution in [2.75, 3.05) is 23.5 Å². The van der Waals surface area contributed by atoms with E-state index >= 15 is 0 Å². The number of thioether (sulfide) groups is 1. The lowest BCUT2D eigenvalue weighted by Gasteiger charge is -2.12. The molecule has 0 aliphatic heterocycles. The van der Waals surface area contributed by atoms with Gasteiger partial charge in [0.15, 0.2) is 0 Å². The van der Waals surface area contributed by atoms with Gasteiger partial charge in [0.1, 0.15) is 11.4 Å². The molecule has 3 amide bonds. The minimum atomic E-state index is -0.481. The summed E-state index contributed by atoms with van der Waals surface area (Å²) < 4.78 is 5.15. The van der Waals surface area contributed by atoms with E-state index in [4.69, 9.17) is 4.74 Å². The van der Waals surface area contributed by atoms with E-state index in [0.29, 0.717) is 22.7 Å². The first-order chi connectivity index (χ1) is 22.0. The van der Waals surface area contributed by atoms with Gasteiger partial charge in [-0.15, -0.1) is 11.8 Å². The normalized spacial score (nSPS) is 10.9. The maximum atomic E-state index is 13.5. The lowest BCUT2D eigenvalue weighted by Crippen LogP contribution is -2.30. The van der Waals surface area contributed by atoms with E-state index in [2.05, 4.69) is 16.0 Å². The second-order valence-corrected chi connectivity index (χ2v) is 11.0. The lowest BCUT2D eigenvalue weighted by molar-refractivity contribution is -0.114. The van der Waals surface area contributed by atoms with Crippen LogP contribution in [0.1, 0.15) is 15.9 Å². The maximum Gasteiger partial charge on any atom is 0.272 e. The molecule has 8 heteroatoms. The van der Waals surface area contributed by atoms with Crippen LogP contribution in [-0.4, -0.2) is 30.6 Å². The van der Waals surface area contributed by atoms with Crippen LogP contribution < -0.4 is 20.7 Å². The molecule has 5 rings (SSSR count). The van der Waals surface area contributed by atoms with Gasteiger partial charge in [-0.05, 0) is 77.4 Å². The monoisotopic (exact) mass is 613 g/mol. The van der Waals surface area contributed by atoms with Gasteiger partial charge in [0.2, 0.25) is 5.91 Å². The molecule has 7 nitrogen and oxygen atoms in total. The van der Waals surface area contributed by atoms with Gasteiger partial charge in [0.25, 0.3) is 11.8 Å². The van der Waals surface area contributed by atoms with Crippen LogP contribution in [0, 0.1) is 0 Å². The van der Waals surface area contributed by atoms with E-state index < -0.39 is 11.8 Å². The molecule has 5 aromatic rings. The molecule has 0 atom stereocenters. The van der Waals surface area contributed by atoms with Crippen molar-refractivity contribution in [2.24, 2.45) is 0 Å². The van der Waals surface area contributed by atoms with Crippen LogP contribution >= 0.6 is 11.8 Å². The Balaban J connectivity index is 1.28. The van der Waals surface area contributed by atoms with Crippen molar-refractivity contribution in [1.82, 2.24) is 5.32 Å². The smallest absolute Gasteiger partial charge is 0.272 e. The molecule has 0 saturated heterocycles. The second kappa shape index (κ2) is 15.2. The number of hydrogen-bond donors (Lipinski definition) is 3. The molecular formula is C37H31N3O4S. The van der Waals surface area contributed by atoms with E-state index in [9.17, 15) is 14.4 Å². The van der Waals surface area contributed by atoms with Gasteiger partial charge in [0.05, 0.1) is 12.9 Å². The quantitative estimate of drug-likeness (QED) is 0.106. The second-order valence-electron chi connectivity index (χ2n) is 9.91. The van der Waals surface area contributed by atoms with Crippen molar-refractivity contribution in [3.8, 4) is 16.9 Å². The van der Waals surface area contributed by atoms with E-state index in [-0.39, 0.29) is 17.4 Å². The van der Waals surface area contributed by atoms with Gasteiger partial charge < -0.3 is 20.7 Å². The number of amides is 3. The highest BCUT2D eigenvalue weighted by Gasteiger charge is 2.16. The van der Waals surface area contributed by atoms with Crippen molar-refractivity contribution >= 4 is 46.9 Å². The van der Waals surface area contributed by atoms with Crippen LogP contribution in [0.5, 0.6) is 5.75 Å². The predicted octanol–water partition coefficient (Wildman–Crippen LogP) is 7.50. The molecule has 224 valence electrons. The number of anilines is 2. The Morgan fingerprint density at radius 3 is 2.04 bits per heavy atom. The van der Waals surface area contributed by atoms with Gasteiger partial charge >= 0.3 is 0 Å². The summed E-state index contributed by atoms with van der Waals surface area (Å²) in [4.78, 5) is 39.9. The molecule has 0 saturated carbocycles. The fourth-order valence-electron chi connectivity index (χ4n) is 4.39. The highest BCUT2D eigenvalue weighted by Crippen LogP contribution is 2.24. The van der Waals surface area contributed by atoms with Crippen molar-refractivity contribution in [1.29, 1.82) is 0 Å². The van der Waals surface area contributed by atoms with Crippen molar-refractivity contribution in [2.45, 2.75) is 4.90 Å². The molecule has 0 aromatic heterocycles. The Kier molecular flexibility index (Phi) is 10.4. The molecule has 0 spiro atoms. The third-order valence-electron chi connectivity index (χ3n) is 6.69. The van der Waals surface area contributed by atoms with Crippen LogP contribution in [0.15, 0.2) is 144 Å². The van der Waals surface area contributed by atoms with Crippen molar-refractivity contribution < 1.29 is 19.1 Å². The third-order valence-corrected chi connectivity index (χ3v) is 7.69. The fraction of sp³-hybridized carbons (Fsp3) is 0.0541. The van der Waals surface area contributed by atoms with Crippen LogP contribution in [0.2, 0.25) is 0 Å². The Bertz CT molecular complexity index is 1790. The standard InChI is InChI=1S/C37H31N3O4S/c1-44-32-21-19-30(20-22-32)38-35(41)25-45-33-14-8-13-31(24-33)39-37(43)34(40-36(42)29-11-6-3-7-12-29)23-26-15-17-28(18-16-26)27-9-4-2-5-10-27/h2-24H,25H2,1H3,(H,38,41)(H,39,43)(H,40,42)/b34-23+. The first-order valence-electron chi connectivity index (χ1n) is 14.2. The highest BCUT2D eigenvalue weighted by atomic mass is 32.2. The Morgan fingerprint density at radius 1 is 0.689 bits per heavy atom. The molecule has 0 aliphatic carbocycles. The molecule has 0 bridgehead atoms. The average Bonchev–Trinajstić information content (AvgIpc) is 3.08. The molecule has 3 N–H and O–H groups in total. The summed E-state index contributed by atoms with van der Waals surface area (Å²) in [6, 6.07) is 40.8. The van der Waals surface area contributed by atoms with Gasteiger partial charge in [-0.2, -0.15) is 0 Å². The summed E-state index contributed by atoms with van der Waals surface area (Å²) in [5, 5.41) is 8.52. The molecule has 45 heavy (non-hydrogen) atoms. The van der Waals surface area contributed by atoms with Crippen molar-refractivity contribution in [3.63, 3.8) is 0 Å². The van der Waals surface area contributed by atoms with Crippen LogP contribution in [0.25, 0.3) is 17.2 Å². The number of hydrogen-bond acceptors (Lipinski definition) is 5. The number of carbonyl (C=O) groups is 3. The summed E-state index contributed by atoms with van der Waals surface area (Å²) in [6.45, 7) is 0. The average molecular weight is 614 g/mol. The minimum absolute atomic E-state index is 0.0910. The van der Waals surface area contributed by atoms with Crippen LogP contribution in [-0.2, 0) is 9.59 Å². The summed E-state index contributed by atoms with van der Waals surface area (Å²) in [7, 11) is 1.59. The summed E-state index contributed by atoms with van der Waals surface area (Å²) in [6.07, 6.45) is 1.65. The Labute approximate surface area is 266 Å². The van der Waals surface area contributed by atoms with Crippen LogP contribution in [0.4, 0.5) is 11.4 Å². The van der Waals surface area contributed by atoms with E-state index in [1.807, 2.05) is 66.7 Å². The Morgan fingerprint density at radius 2 is 1.36 bits per heavy atom. The highest BCUT2D eigenvalue weighted by molar-refractivity contribution is 8.00. The van der Waals surface area contributed by atoms with Gasteiger partial charge in [-0.25, -0.2) is 0 Å². The van der Waals surface area contributed by atoms with Crippen molar-refractivity contribution in [3.05, 3.63) is 150 Å². The largest absolute Gasteiger partial charge is 0.497 e. The molecule has 5 aromatic carbocycles. The summed E-state index contributed by atoms with van der Waals surface area (Å²) >= 11 is 1.34. The molecular weight excluding hydrogens is 582 g/mol.